The maximum atomic E-state index is 12.4. The molecule has 0 bridgehead atoms. The molecule has 1 aliphatic rings. The first-order valence-corrected chi connectivity index (χ1v) is 11.9. The summed E-state index contributed by atoms with van der Waals surface area (Å²) in [7, 11) is -3.39. The molecule has 0 unspecified atom stereocenters. The molecule has 0 aromatic heterocycles. The van der Waals surface area contributed by atoms with Crippen LogP contribution in [0.15, 0.2) is 47.6 Å². The van der Waals surface area contributed by atoms with Gasteiger partial charge in [-0.15, -0.1) is 5.10 Å². The number of amides is 2. The van der Waals surface area contributed by atoms with E-state index in [9.17, 15) is 18.0 Å². The third-order valence-corrected chi connectivity index (χ3v) is 6.70. The van der Waals surface area contributed by atoms with Crippen LogP contribution in [0, 0.1) is 6.92 Å². The first kappa shape index (κ1) is 22.1. The fourth-order valence-corrected chi connectivity index (χ4v) is 4.24. The van der Waals surface area contributed by atoms with Crippen molar-refractivity contribution >= 4 is 61.7 Å². The van der Waals surface area contributed by atoms with Crippen LogP contribution in [0.3, 0.4) is 0 Å². The van der Waals surface area contributed by atoms with Crippen molar-refractivity contribution in [2.75, 3.05) is 21.1 Å². The van der Waals surface area contributed by atoms with Crippen molar-refractivity contribution < 1.29 is 18.0 Å². The van der Waals surface area contributed by atoms with Crippen molar-refractivity contribution in [1.29, 1.82) is 0 Å². The maximum Gasteiger partial charge on any atom is 0.271 e. The minimum Gasteiger partial charge on any atom is -0.284 e. The highest BCUT2D eigenvalue weighted by Crippen LogP contribution is 2.31. The number of aryl methyl sites for hydroxylation is 1. The SMILES string of the molecule is CCS(=O)(=O)Nc1ccc(C(=O)N/N=C2/SCC(=O)N2c2cc(Cl)ccc2C)cc1. The quantitative estimate of drug-likeness (QED) is 0.635. The smallest absolute Gasteiger partial charge is 0.271 e. The summed E-state index contributed by atoms with van der Waals surface area (Å²) in [6, 6.07) is 11.2. The number of benzene rings is 2. The highest BCUT2D eigenvalue weighted by atomic mass is 35.5. The van der Waals surface area contributed by atoms with Crippen molar-refractivity contribution in [3.63, 3.8) is 0 Å². The lowest BCUT2D eigenvalue weighted by atomic mass is 10.2. The summed E-state index contributed by atoms with van der Waals surface area (Å²) in [5.74, 6) is -0.500. The number of thioether (sulfide) groups is 1. The number of rotatable bonds is 6. The maximum absolute atomic E-state index is 12.4. The molecule has 0 radical (unpaired) electrons. The first-order chi connectivity index (χ1) is 14.2. The number of halogens is 1. The normalized spacial score (nSPS) is 15.5. The number of hydrazone groups is 1. The molecule has 1 fully saturated rings. The summed E-state index contributed by atoms with van der Waals surface area (Å²) in [6.07, 6.45) is 0. The lowest BCUT2D eigenvalue weighted by Gasteiger charge is -2.18. The third-order valence-electron chi connectivity index (χ3n) is 4.23. The summed E-state index contributed by atoms with van der Waals surface area (Å²) < 4.78 is 25.6. The molecule has 2 aromatic carbocycles. The van der Waals surface area contributed by atoms with Crippen molar-refractivity contribution in [3.8, 4) is 0 Å². The number of carbonyl (C=O) groups is 2. The molecule has 11 heteroatoms. The number of anilines is 2. The van der Waals surface area contributed by atoms with Crippen molar-refractivity contribution in [3.05, 3.63) is 58.6 Å². The summed E-state index contributed by atoms with van der Waals surface area (Å²) in [4.78, 5) is 26.2. The van der Waals surface area contributed by atoms with Gasteiger partial charge in [0.05, 0.1) is 17.2 Å². The number of carbonyl (C=O) groups excluding carboxylic acids is 2. The Bertz CT molecular complexity index is 1120. The average Bonchev–Trinajstić information content (AvgIpc) is 3.08. The van der Waals surface area contributed by atoms with Gasteiger partial charge < -0.3 is 0 Å². The average molecular weight is 467 g/mol. The van der Waals surface area contributed by atoms with Crippen LogP contribution < -0.4 is 15.0 Å². The zero-order valence-electron chi connectivity index (χ0n) is 16.2. The van der Waals surface area contributed by atoms with Gasteiger partial charge in [0.1, 0.15) is 0 Å². The molecule has 0 spiro atoms. The van der Waals surface area contributed by atoms with E-state index in [1.807, 2.05) is 6.92 Å². The minimum absolute atomic E-state index is 0.0499. The van der Waals surface area contributed by atoms with Gasteiger partial charge in [-0.05, 0) is 55.8 Å². The van der Waals surface area contributed by atoms with Gasteiger partial charge in [0.2, 0.25) is 15.9 Å². The standard InChI is InChI=1S/C19H19ClN4O4S2/c1-3-30(27,28)23-15-8-5-13(6-9-15)18(26)21-22-19-24(17(25)11-29-19)16-10-14(20)7-4-12(16)2/h4-10,23H,3,11H2,1-2H3,(H,21,26)/b22-19+. The lowest BCUT2D eigenvalue weighted by Crippen LogP contribution is -2.32. The number of sulfonamides is 1. The Hall–Kier alpha value is -2.56. The number of amidine groups is 1. The molecular weight excluding hydrogens is 448 g/mol. The summed E-state index contributed by atoms with van der Waals surface area (Å²) in [5, 5.41) is 4.93. The van der Waals surface area contributed by atoms with Gasteiger partial charge in [-0.1, -0.05) is 29.4 Å². The predicted molar refractivity (Wildman–Crippen MR) is 121 cm³/mol. The first-order valence-electron chi connectivity index (χ1n) is 8.90. The Kier molecular flexibility index (Phi) is 6.69. The molecule has 2 N–H and O–H groups in total. The number of hydrogen-bond donors (Lipinski definition) is 2. The summed E-state index contributed by atoms with van der Waals surface area (Å²) in [6.45, 7) is 3.38. The van der Waals surface area contributed by atoms with E-state index >= 15 is 0 Å². The molecule has 2 aromatic rings. The predicted octanol–water partition coefficient (Wildman–Crippen LogP) is 3.19. The molecular formula is C19H19ClN4O4S2. The van der Waals surface area contributed by atoms with E-state index in [2.05, 4.69) is 15.2 Å². The molecule has 2 amide bonds. The second kappa shape index (κ2) is 9.07. The van der Waals surface area contributed by atoms with E-state index in [0.717, 1.165) is 5.56 Å². The number of nitrogens with one attached hydrogen (secondary N) is 2. The second-order valence-electron chi connectivity index (χ2n) is 6.37. The van der Waals surface area contributed by atoms with Gasteiger partial charge >= 0.3 is 0 Å². The Labute approximate surface area is 183 Å². The van der Waals surface area contributed by atoms with Crippen LogP contribution in [0.25, 0.3) is 0 Å². The fourth-order valence-electron chi connectivity index (χ4n) is 2.61. The third kappa shape index (κ3) is 5.13. The molecule has 0 aliphatic carbocycles. The number of hydrogen-bond acceptors (Lipinski definition) is 6. The van der Waals surface area contributed by atoms with Gasteiger partial charge in [-0.25, -0.2) is 13.8 Å². The second-order valence-corrected chi connectivity index (χ2v) is 9.76. The molecule has 1 heterocycles. The van der Waals surface area contributed by atoms with E-state index in [1.165, 1.54) is 47.9 Å². The molecule has 30 heavy (non-hydrogen) atoms. The van der Waals surface area contributed by atoms with E-state index < -0.39 is 15.9 Å². The Morgan fingerprint density at radius 2 is 1.93 bits per heavy atom. The molecule has 1 aliphatic heterocycles. The monoisotopic (exact) mass is 466 g/mol. The highest BCUT2D eigenvalue weighted by Gasteiger charge is 2.31. The molecule has 0 saturated carbocycles. The Morgan fingerprint density at radius 3 is 2.60 bits per heavy atom. The van der Waals surface area contributed by atoms with Crippen molar-refractivity contribution in [1.82, 2.24) is 5.43 Å². The van der Waals surface area contributed by atoms with Crippen LogP contribution in [-0.4, -0.2) is 36.9 Å². The van der Waals surface area contributed by atoms with Crippen LogP contribution in [0.5, 0.6) is 0 Å². The summed E-state index contributed by atoms with van der Waals surface area (Å²) >= 11 is 7.27. The highest BCUT2D eigenvalue weighted by molar-refractivity contribution is 8.15. The van der Waals surface area contributed by atoms with Crippen molar-refractivity contribution in [2.45, 2.75) is 13.8 Å². The van der Waals surface area contributed by atoms with Crippen LogP contribution >= 0.6 is 23.4 Å². The molecule has 1 saturated heterocycles. The largest absolute Gasteiger partial charge is 0.284 e. The Balaban J connectivity index is 1.75. The molecule has 3 rings (SSSR count). The van der Waals surface area contributed by atoms with E-state index in [1.54, 1.807) is 18.2 Å². The van der Waals surface area contributed by atoms with Gasteiger partial charge in [-0.2, -0.15) is 0 Å². The van der Waals surface area contributed by atoms with Gasteiger partial charge in [0.15, 0.2) is 5.17 Å². The topological polar surface area (TPSA) is 108 Å². The lowest BCUT2D eigenvalue weighted by molar-refractivity contribution is -0.115. The zero-order chi connectivity index (χ0) is 21.9. The van der Waals surface area contributed by atoms with Crippen molar-refractivity contribution in [2.24, 2.45) is 5.10 Å². The molecule has 0 atom stereocenters. The van der Waals surface area contributed by atoms with Crippen LogP contribution in [0.2, 0.25) is 5.02 Å². The molecule has 158 valence electrons. The van der Waals surface area contributed by atoms with E-state index in [0.29, 0.717) is 27.1 Å². The van der Waals surface area contributed by atoms with Crippen LogP contribution in [0.1, 0.15) is 22.8 Å². The van der Waals surface area contributed by atoms with Gasteiger partial charge in [-0.3, -0.25) is 19.2 Å². The fraction of sp³-hybridized carbons (Fsp3) is 0.211. The van der Waals surface area contributed by atoms with Crippen LogP contribution in [-0.2, 0) is 14.8 Å². The molecule has 8 nitrogen and oxygen atoms in total. The minimum atomic E-state index is -3.39. The zero-order valence-corrected chi connectivity index (χ0v) is 18.6. The van der Waals surface area contributed by atoms with Gasteiger partial charge in [0, 0.05) is 16.3 Å². The Morgan fingerprint density at radius 1 is 1.23 bits per heavy atom. The van der Waals surface area contributed by atoms with E-state index in [-0.39, 0.29) is 17.4 Å². The van der Waals surface area contributed by atoms with E-state index in [4.69, 9.17) is 11.6 Å². The number of nitrogens with zero attached hydrogens (tertiary/aromatic N) is 2. The van der Waals surface area contributed by atoms with Crippen LogP contribution in [0.4, 0.5) is 11.4 Å². The van der Waals surface area contributed by atoms with Gasteiger partial charge in [0.25, 0.3) is 5.91 Å². The summed E-state index contributed by atoms with van der Waals surface area (Å²) in [5.41, 5.74) is 4.54.